The predicted molar refractivity (Wildman–Crippen MR) is 64.7 cm³/mol. The average Bonchev–Trinajstić information content (AvgIpc) is 2.33. The molecule has 1 saturated heterocycles. The second kappa shape index (κ2) is 5.99. The van der Waals surface area contributed by atoms with Gasteiger partial charge in [-0.15, -0.1) is 0 Å². The van der Waals surface area contributed by atoms with Crippen LogP contribution in [0.3, 0.4) is 0 Å². The topological polar surface area (TPSA) is 30.5 Å². The van der Waals surface area contributed by atoms with Crippen molar-refractivity contribution in [1.29, 1.82) is 0 Å². The van der Waals surface area contributed by atoms with Crippen LogP contribution in [-0.4, -0.2) is 38.5 Å². The molecule has 0 aromatic rings. The van der Waals surface area contributed by atoms with Gasteiger partial charge in [-0.2, -0.15) is 0 Å². The molecule has 1 atom stereocenters. The fourth-order valence-corrected chi connectivity index (χ4v) is 3.21. The molecule has 94 valence electrons. The first-order chi connectivity index (χ1) is 7.87. The second-order valence-electron chi connectivity index (χ2n) is 5.12. The molecule has 1 aliphatic heterocycles. The monoisotopic (exact) mass is 227 g/mol. The largest absolute Gasteiger partial charge is 0.385 e. The Hall–Kier alpha value is -0.120. The van der Waals surface area contributed by atoms with E-state index in [0.717, 1.165) is 26.2 Å². The van der Waals surface area contributed by atoms with Crippen LogP contribution in [0, 0.1) is 0 Å². The van der Waals surface area contributed by atoms with E-state index < -0.39 is 0 Å². The van der Waals surface area contributed by atoms with E-state index in [4.69, 9.17) is 9.47 Å². The first kappa shape index (κ1) is 12.3. The minimum atomic E-state index is 0.157. The molecule has 1 heterocycles. The van der Waals surface area contributed by atoms with Crippen LogP contribution in [0.2, 0.25) is 0 Å². The molecule has 0 amide bonds. The Labute approximate surface area is 98.9 Å². The van der Waals surface area contributed by atoms with Crippen molar-refractivity contribution in [2.45, 2.75) is 56.6 Å². The van der Waals surface area contributed by atoms with Crippen LogP contribution >= 0.6 is 0 Å². The summed E-state index contributed by atoms with van der Waals surface area (Å²) >= 11 is 0. The molecule has 16 heavy (non-hydrogen) atoms. The van der Waals surface area contributed by atoms with Gasteiger partial charge in [0.05, 0.1) is 12.2 Å². The average molecular weight is 227 g/mol. The Morgan fingerprint density at radius 3 is 2.88 bits per heavy atom. The highest BCUT2D eigenvalue weighted by Crippen LogP contribution is 2.37. The third kappa shape index (κ3) is 2.76. The third-order valence-electron chi connectivity index (χ3n) is 4.06. The Bertz CT molecular complexity index is 194. The van der Waals surface area contributed by atoms with Gasteiger partial charge in [-0.3, -0.25) is 0 Å². The Balaban J connectivity index is 1.90. The van der Waals surface area contributed by atoms with Crippen LogP contribution < -0.4 is 5.32 Å². The minimum absolute atomic E-state index is 0.157. The standard InChI is InChI=1S/C13H25NO2/c1-15-10-5-6-12-13(16-11-9-14-12)7-3-2-4-8-13/h12,14H,2-11H2,1H3. The zero-order chi connectivity index (χ0) is 11.3. The third-order valence-corrected chi connectivity index (χ3v) is 4.06. The molecule has 1 aliphatic carbocycles. The number of nitrogens with one attached hydrogen (secondary N) is 1. The predicted octanol–water partition coefficient (Wildman–Crippen LogP) is 2.10. The Morgan fingerprint density at radius 2 is 2.12 bits per heavy atom. The molecule has 2 aliphatic rings. The van der Waals surface area contributed by atoms with E-state index in [1.807, 2.05) is 0 Å². The van der Waals surface area contributed by atoms with Crippen molar-refractivity contribution in [3.63, 3.8) is 0 Å². The van der Waals surface area contributed by atoms with Crippen molar-refractivity contribution in [2.75, 3.05) is 26.9 Å². The first-order valence-electron chi connectivity index (χ1n) is 6.74. The molecule has 1 saturated carbocycles. The first-order valence-corrected chi connectivity index (χ1v) is 6.74. The molecule has 2 rings (SSSR count). The Morgan fingerprint density at radius 1 is 1.31 bits per heavy atom. The zero-order valence-electron chi connectivity index (χ0n) is 10.5. The molecule has 2 fully saturated rings. The molecular weight excluding hydrogens is 202 g/mol. The number of hydrogen-bond donors (Lipinski definition) is 1. The molecule has 3 heteroatoms. The molecule has 0 radical (unpaired) electrons. The summed E-state index contributed by atoms with van der Waals surface area (Å²) in [5, 5.41) is 3.66. The lowest BCUT2D eigenvalue weighted by atomic mass is 9.77. The van der Waals surface area contributed by atoms with E-state index in [1.54, 1.807) is 7.11 Å². The lowest BCUT2D eigenvalue weighted by Crippen LogP contribution is -2.58. The van der Waals surface area contributed by atoms with Gasteiger partial charge in [0.15, 0.2) is 0 Å². The van der Waals surface area contributed by atoms with Crippen LogP contribution in [0.1, 0.15) is 44.9 Å². The van der Waals surface area contributed by atoms with Crippen molar-refractivity contribution in [1.82, 2.24) is 5.32 Å². The van der Waals surface area contributed by atoms with Crippen LogP contribution in [-0.2, 0) is 9.47 Å². The van der Waals surface area contributed by atoms with Gasteiger partial charge >= 0.3 is 0 Å². The minimum Gasteiger partial charge on any atom is -0.385 e. The number of ether oxygens (including phenoxy) is 2. The summed E-state index contributed by atoms with van der Waals surface area (Å²) in [6, 6.07) is 0.552. The summed E-state index contributed by atoms with van der Waals surface area (Å²) in [4.78, 5) is 0. The fourth-order valence-electron chi connectivity index (χ4n) is 3.21. The van der Waals surface area contributed by atoms with Gasteiger partial charge in [-0.05, 0) is 25.7 Å². The SMILES string of the molecule is COCCCC1NCCOC12CCCCC2. The highest BCUT2D eigenvalue weighted by atomic mass is 16.5. The summed E-state index contributed by atoms with van der Waals surface area (Å²) in [5.74, 6) is 0. The smallest absolute Gasteiger partial charge is 0.0835 e. The van der Waals surface area contributed by atoms with Gasteiger partial charge < -0.3 is 14.8 Å². The second-order valence-corrected chi connectivity index (χ2v) is 5.12. The van der Waals surface area contributed by atoms with Crippen LogP contribution in [0.25, 0.3) is 0 Å². The van der Waals surface area contributed by atoms with Crippen molar-refractivity contribution in [3.05, 3.63) is 0 Å². The molecular formula is C13H25NO2. The van der Waals surface area contributed by atoms with Gasteiger partial charge in [-0.1, -0.05) is 19.3 Å². The maximum atomic E-state index is 6.15. The zero-order valence-corrected chi connectivity index (χ0v) is 10.5. The van der Waals surface area contributed by atoms with Crippen LogP contribution in [0.15, 0.2) is 0 Å². The molecule has 1 N–H and O–H groups in total. The molecule has 0 aromatic carbocycles. The van der Waals surface area contributed by atoms with Crippen LogP contribution in [0.5, 0.6) is 0 Å². The quantitative estimate of drug-likeness (QED) is 0.746. The summed E-state index contributed by atoms with van der Waals surface area (Å²) < 4.78 is 11.3. The highest BCUT2D eigenvalue weighted by molar-refractivity contribution is 4.97. The van der Waals surface area contributed by atoms with Crippen molar-refractivity contribution < 1.29 is 9.47 Å². The fraction of sp³-hybridized carbons (Fsp3) is 1.00. The molecule has 3 nitrogen and oxygen atoms in total. The summed E-state index contributed by atoms with van der Waals surface area (Å²) in [6.07, 6.45) is 8.88. The normalized spacial score (nSPS) is 29.4. The lowest BCUT2D eigenvalue weighted by molar-refractivity contribution is -0.120. The maximum absolute atomic E-state index is 6.15. The van der Waals surface area contributed by atoms with E-state index >= 15 is 0 Å². The van der Waals surface area contributed by atoms with Gasteiger partial charge in [-0.25, -0.2) is 0 Å². The van der Waals surface area contributed by atoms with Gasteiger partial charge in [0.1, 0.15) is 0 Å². The molecule has 0 bridgehead atoms. The van der Waals surface area contributed by atoms with Crippen molar-refractivity contribution in [2.24, 2.45) is 0 Å². The van der Waals surface area contributed by atoms with E-state index in [0.29, 0.717) is 6.04 Å². The molecule has 1 unspecified atom stereocenters. The van der Waals surface area contributed by atoms with Crippen molar-refractivity contribution in [3.8, 4) is 0 Å². The van der Waals surface area contributed by atoms with E-state index in [2.05, 4.69) is 5.32 Å². The summed E-state index contributed by atoms with van der Waals surface area (Å²) in [5.41, 5.74) is 0.157. The van der Waals surface area contributed by atoms with Crippen molar-refractivity contribution >= 4 is 0 Å². The number of rotatable bonds is 4. The lowest BCUT2D eigenvalue weighted by Gasteiger charge is -2.47. The highest BCUT2D eigenvalue weighted by Gasteiger charge is 2.42. The Kier molecular flexibility index (Phi) is 4.62. The van der Waals surface area contributed by atoms with Gasteiger partial charge in [0, 0.05) is 26.3 Å². The van der Waals surface area contributed by atoms with E-state index in [-0.39, 0.29) is 5.60 Å². The maximum Gasteiger partial charge on any atom is 0.0835 e. The van der Waals surface area contributed by atoms with Gasteiger partial charge in [0.25, 0.3) is 0 Å². The molecule has 0 aromatic heterocycles. The number of methoxy groups -OCH3 is 1. The van der Waals surface area contributed by atoms with Crippen LogP contribution in [0.4, 0.5) is 0 Å². The summed E-state index contributed by atoms with van der Waals surface area (Å²) in [6.45, 7) is 2.77. The summed E-state index contributed by atoms with van der Waals surface area (Å²) in [7, 11) is 1.78. The number of morpholine rings is 1. The number of hydrogen-bond acceptors (Lipinski definition) is 3. The van der Waals surface area contributed by atoms with Gasteiger partial charge in [0.2, 0.25) is 0 Å². The van der Waals surface area contributed by atoms with E-state index in [9.17, 15) is 0 Å². The van der Waals surface area contributed by atoms with E-state index in [1.165, 1.54) is 38.5 Å². The molecule has 1 spiro atoms.